The second-order valence-electron chi connectivity index (χ2n) is 8.95. The first-order valence-corrected chi connectivity index (χ1v) is 15.0. The lowest BCUT2D eigenvalue weighted by Crippen LogP contribution is -2.42. The molecule has 1 amide bonds. The summed E-state index contributed by atoms with van der Waals surface area (Å²) in [5.41, 5.74) is 1.46. The third-order valence-corrected chi connectivity index (χ3v) is 10.00. The molecule has 1 unspecified atom stereocenters. The van der Waals surface area contributed by atoms with Crippen molar-refractivity contribution < 1.29 is 4.79 Å². The summed E-state index contributed by atoms with van der Waals surface area (Å²) in [6.45, 7) is 3.57. The first-order chi connectivity index (χ1) is 17.7. The Kier molecular flexibility index (Phi) is 9.39. The van der Waals surface area contributed by atoms with E-state index in [2.05, 4.69) is 52.7 Å². The van der Waals surface area contributed by atoms with Crippen molar-refractivity contribution in [3.8, 4) is 0 Å². The minimum Gasteiger partial charge on any atom is -0.327 e. The molecule has 0 fully saturated rings. The Balaban J connectivity index is 1.90. The summed E-state index contributed by atoms with van der Waals surface area (Å²) in [5.74, 6) is 0.504. The van der Waals surface area contributed by atoms with Crippen molar-refractivity contribution in [1.82, 2.24) is 19.4 Å². The molecule has 0 radical (unpaired) electrons. The van der Waals surface area contributed by atoms with Gasteiger partial charge in [-0.1, -0.05) is 53.2 Å². The molecule has 6 nitrogen and oxygen atoms in total. The summed E-state index contributed by atoms with van der Waals surface area (Å²) in [7, 11) is 3.97. The summed E-state index contributed by atoms with van der Waals surface area (Å²) in [6, 6.07) is 16.9. The molecule has 37 heavy (non-hydrogen) atoms. The van der Waals surface area contributed by atoms with Gasteiger partial charge in [-0.3, -0.25) is 14.2 Å². The van der Waals surface area contributed by atoms with E-state index >= 15 is 0 Å². The lowest BCUT2D eigenvalue weighted by Gasteiger charge is -2.33. The van der Waals surface area contributed by atoms with Crippen molar-refractivity contribution in [2.45, 2.75) is 25.9 Å². The first kappa shape index (κ1) is 28.2. The topological polar surface area (TPSA) is 58.4 Å². The van der Waals surface area contributed by atoms with Gasteiger partial charge in [0.05, 0.1) is 26.2 Å². The highest BCUT2D eigenvalue weighted by atomic mass is 79.9. The fourth-order valence-corrected chi connectivity index (χ4v) is 6.67. The van der Waals surface area contributed by atoms with Crippen LogP contribution in [0.5, 0.6) is 0 Å². The number of fused-ring (bicyclic) bond motifs is 1. The van der Waals surface area contributed by atoms with Crippen LogP contribution in [0.3, 0.4) is 0 Å². The van der Waals surface area contributed by atoms with E-state index < -0.39 is 6.04 Å². The van der Waals surface area contributed by atoms with Crippen molar-refractivity contribution in [1.29, 1.82) is 0 Å². The number of amides is 1. The number of hydrogen-bond donors (Lipinski definition) is 0. The molecule has 2 aromatic carbocycles. The maximum atomic E-state index is 13.9. The second kappa shape index (κ2) is 12.3. The van der Waals surface area contributed by atoms with Crippen LogP contribution in [0.25, 0.3) is 10.2 Å². The van der Waals surface area contributed by atoms with Gasteiger partial charge in [-0.05, 0) is 82.2 Å². The Morgan fingerprint density at radius 2 is 1.70 bits per heavy atom. The highest BCUT2D eigenvalue weighted by Crippen LogP contribution is 2.38. The molecule has 2 heterocycles. The van der Waals surface area contributed by atoms with Gasteiger partial charge in [0.2, 0.25) is 0 Å². The van der Waals surface area contributed by atoms with Gasteiger partial charge in [-0.15, -0.1) is 11.3 Å². The fraction of sp³-hybridized carbons (Fsp3) is 0.296. The molecule has 0 aliphatic carbocycles. The number of halogens is 3. The summed E-state index contributed by atoms with van der Waals surface area (Å²) in [5, 5.41) is 0.547. The molecule has 0 saturated carbocycles. The van der Waals surface area contributed by atoms with Gasteiger partial charge in [0, 0.05) is 23.1 Å². The largest absolute Gasteiger partial charge is 0.327 e. The predicted molar refractivity (Wildman–Crippen MR) is 162 cm³/mol. The molecule has 1 atom stereocenters. The molecule has 194 valence electrons. The quantitative estimate of drug-likeness (QED) is 0.189. The van der Waals surface area contributed by atoms with Crippen LogP contribution in [0, 0.1) is 0 Å². The van der Waals surface area contributed by atoms with E-state index in [9.17, 15) is 9.59 Å². The molecule has 0 saturated heterocycles. The van der Waals surface area contributed by atoms with Gasteiger partial charge in [0.1, 0.15) is 10.7 Å². The van der Waals surface area contributed by atoms with Gasteiger partial charge >= 0.3 is 0 Å². The maximum Gasteiger partial charge on any atom is 0.263 e. The van der Waals surface area contributed by atoms with E-state index in [0.717, 1.165) is 13.8 Å². The van der Waals surface area contributed by atoms with Crippen molar-refractivity contribution in [3.63, 3.8) is 0 Å². The third-order valence-electron chi connectivity index (χ3n) is 6.13. The average Bonchev–Trinajstić information content (AvgIpc) is 3.17. The Hall–Kier alpha value is -1.85. The molecule has 0 bridgehead atoms. The van der Waals surface area contributed by atoms with Crippen LogP contribution in [-0.4, -0.2) is 52.4 Å². The highest BCUT2D eigenvalue weighted by Gasteiger charge is 2.30. The van der Waals surface area contributed by atoms with Gasteiger partial charge < -0.3 is 9.80 Å². The van der Waals surface area contributed by atoms with Crippen molar-refractivity contribution in [2.75, 3.05) is 27.2 Å². The van der Waals surface area contributed by atoms with Crippen LogP contribution in [0.1, 0.15) is 41.1 Å². The second-order valence-corrected chi connectivity index (χ2v) is 13.0. The van der Waals surface area contributed by atoms with Crippen molar-refractivity contribution >= 4 is 75.3 Å². The minimum absolute atomic E-state index is 0.0876. The zero-order valence-electron chi connectivity index (χ0n) is 20.7. The first-order valence-electron chi connectivity index (χ1n) is 11.8. The number of aromatic nitrogens is 2. The Morgan fingerprint density at radius 1 is 1.03 bits per heavy atom. The molecule has 0 aliphatic rings. The third kappa shape index (κ3) is 6.25. The van der Waals surface area contributed by atoms with Gasteiger partial charge in [-0.25, -0.2) is 4.98 Å². The zero-order chi connectivity index (χ0) is 26.7. The fourth-order valence-electron chi connectivity index (χ4n) is 4.22. The zero-order valence-corrected chi connectivity index (χ0v) is 26.3. The molecule has 0 aliphatic heterocycles. The van der Waals surface area contributed by atoms with E-state index in [1.54, 1.807) is 4.57 Å². The van der Waals surface area contributed by atoms with Crippen LogP contribution < -0.4 is 5.56 Å². The van der Waals surface area contributed by atoms with Gasteiger partial charge in [-0.2, -0.15) is 0 Å². The molecule has 10 heteroatoms. The number of benzene rings is 2. The molecule has 0 N–H and O–H groups in total. The van der Waals surface area contributed by atoms with E-state index in [1.807, 2.05) is 80.5 Å². The smallest absolute Gasteiger partial charge is 0.263 e. The number of carbonyl (C=O) groups is 1. The van der Waals surface area contributed by atoms with Gasteiger partial charge in [0.25, 0.3) is 11.5 Å². The van der Waals surface area contributed by atoms with Crippen LogP contribution in [0.4, 0.5) is 0 Å². The number of thiophene rings is 1. The lowest BCUT2D eigenvalue weighted by molar-refractivity contribution is 0.0642. The van der Waals surface area contributed by atoms with E-state index in [4.69, 9.17) is 4.98 Å². The predicted octanol–water partition coefficient (Wildman–Crippen LogP) is 6.95. The number of nitrogens with zero attached hydrogens (tertiary/aromatic N) is 4. The number of likely N-dealkylation sites (N-methyl/N-ethyl adjacent to an activating group) is 1. The summed E-state index contributed by atoms with van der Waals surface area (Å²) < 4.78 is 4.17. The number of hydrogen-bond acceptors (Lipinski definition) is 5. The summed E-state index contributed by atoms with van der Waals surface area (Å²) in [4.78, 5) is 37.4. The molecule has 4 aromatic rings. The Labute approximate surface area is 245 Å². The van der Waals surface area contributed by atoms with Crippen molar-refractivity contribution in [3.05, 3.63) is 94.6 Å². The SMILES string of the molecule is CCC(c1nc2sc(Br)c(Br)c2c(=O)n1Cc1ccccc1)N(CCN(C)C)C(=O)c1ccc(Br)cc1. The number of carbonyl (C=O) groups excluding carboxylic acids is 1. The standard InChI is InChI=1S/C27H27Br3N4O2S/c1-4-20(33(15-14-32(2)3)26(35)18-10-12-19(28)13-11-18)24-31-25-21(22(29)23(30)37-25)27(36)34(24)16-17-8-6-5-7-9-17/h5-13,20H,4,14-16H2,1-3H3. The molecule has 2 aromatic heterocycles. The number of rotatable bonds is 9. The summed E-state index contributed by atoms with van der Waals surface area (Å²) in [6.07, 6.45) is 0.607. The Bertz CT molecular complexity index is 1450. The van der Waals surface area contributed by atoms with Crippen LogP contribution >= 0.6 is 59.1 Å². The highest BCUT2D eigenvalue weighted by molar-refractivity contribution is 9.13. The normalized spacial score (nSPS) is 12.3. The molecular formula is C27H27Br3N4O2S. The molecular weight excluding hydrogens is 684 g/mol. The molecule has 4 rings (SSSR count). The van der Waals surface area contributed by atoms with E-state index in [-0.39, 0.29) is 11.5 Å². The minimum atomic E-state index is -0.392. The van der Waals surface area contributed by atoms with Gasteiger partial charge in [0.15, 0.2) is 0 Å². The average molecular weight is 711 g/mol. The lowest BCUT2D eigenvalue weighted by atomic mass is 10.1. The van der Waals surface area contributed by atoms with Crippen LogP contribution in [0.15, 0.2) is 72.1 Å². The van der Waals surface area contributed by atoms with Crippen LogP contribution in [0.2, 0.25) is 0 Å². The van der Waals surface area contributed by atoms with Crippen LogP contribution in [-0.2, 0) is 6.54 Å². The monoisotopic (exact) mass is 708 g/mol. The maximum absolute atomic E-state index is 13.9. The summed E-state index contributed by atoms with van der Waals surface area (Å²) >= 11 is 12.0. The van der Waals surface area contributed by atoms with E-state index in [1.165, 1.54) is 11.3 Å². The van der Waals surface area contributed by atoms with Crippen molar-refractivity contribution in [2.24, 2.45) is 0 Å². The Morgan fingerprint density at radius 3 is 2.32 bits per heavy atom. The van der Waals surface area contributed by atoms with E-state index in [0.29, 0.717) is 52.1 Å². The molecule has 0 spiro atoms.